The molecule has 4 rings (SSSR count). The zero-order valence-corrected chi connectivity index (χ0v) is 18.9. The first-order valence-corrected chi connectivity index (χ1v) is 12.1. The van der Waals surface area contributed by atoms with Gasteiger partial charge in [0.15, 0.2) is 0 Å². The number of methoxy groups -OCH3 is 1. The number of carbonyl (C=O) groups is 1. The number of hydrogen-bond donors (Lipinski definition) is 2. The molecule has 0 amide bonds. The van der Waals surface area contributed by atoms with Crippen molar-refractivity contribution in [1.29, 1.82) is 0 Å². The van der Waals surface area contributed by atoms with Crippen LogP contribution >= 0.6 is 0 Å². The van der Waals surface area contributed by atoms with Crippen molar-refractivity contribution < 1.29 is 19.7 Å². The van der Waals surface area contributed by atoms with Crippen molar-refractivity contribution in [3.05, 3.63) is 0 Å². The molecule has 2 N–H and O–H groups in total. The van der Waals surface area contributed by atoms with Gasteiger partial charge in [-0.15, -0.1) is 0 Å². The molecule has 4 saturated carbocycles. The van der Waals surface area contributed by atoms with E-state index in [1.165, 1.54) is 32.8 Å². The summed E-state index contributed by atoms with van der Waals surface area (Å²) < 4.78 is 4.86. The Kier molecular flexibility index (Phi) is 5.83. The minimum Gasteiger partial charge on any atom is -0.469 e. The van der Waals surface area contributed by atoms with Crippen LogP contribution in [0.1, 0.15) is 85.0 Å². The highest BCUT2D eigenvalue weighted by Gasteiger charge is 2.62. The van der Waals surface area contributed by atoms with Crippen LogP contribution in [0.3, 0.4) is 0 Å². The maximum absolute atomic E-state index is 11.6. The van der Waals surface area contributed by atoms with Gasteiger partial charge in [0, 0.05) is 6.42 Å². The Hall–Kier alpha value is -0.610. The molecule has 0 aromatic carbocycles. The van der Waals surface area contributed by atoms with Gasteiger partial charge in [-0.25, -0.2) is 0 Å². The number of carbonyl (C=O) groups excluding carboxylic acids is 1. The Balaban J connectivity index is 1.53. The minimum atomic E-state index is -0.211. The fraction of sp³-hybridized carbons (Fsp3) is 0.960. The predicted octanol–water partition coefficient (Wildman–Crippen LogP) is 4.57. The van der Waals surface area contributed by atoms with Gasteiger partial charge in [0.05, 0.1) is 19.3 Å². The van der Waals surface area contributed by atoms with E-state index in [4.69, 9.17) is 4.74 Å². The lowest BCUT2D eigenvalue weighted by molar-refractivity contribution is -0.174. The van der Waals surface area contributed by atoms with Gasteiger partial charge in [-0.1, -0.05) is 20.8 Å². The third-order valence-electron chi connectivity index (χ3n) is 10.4. The highest BCUT2D eigenvalue weighted by Crippen LogP contribution is 2.68. The fourth-order valence-electron chi connectivity index (χ4n) is 8.82. The summed E-state index contributed by atoms with van der Waals surface area (Å²) in [4.78, 5) is 11.6. The SMILES string of the molecule is COC(=O)CC[C@@H](C)[C@H]1CC[C@H]2[C@@H]3[C@H](O)C[C@@H]4[13CH2][13C@H](O)CC[C@]4(C)[C@H]3CC[C@]12C. The second kappa shape index (κ2) is 7.82. The van der Waals surface area contributed by atoms with Gasteiger partial charge >= 0.3 is 5.97 Å². The zero-order valence-electron chi connectivity index (χ0n) is 18.9. The lowest BCUT2D eigenvalue weighted by Gasteiger charge is -2.62. The average molecular weight is 409 g/mol. The molecule has 0 radical (unpaired) electrons. The Labute approximate surface area is 176 Å². The van der Waals surface area contributed by atoms with E-state index in [0.29, 0.717) is 47.3 Å². The molecule has 0 aromatic rings. The Morgan fingerprint density at radius 3 is 2.45 bits per heavy atom. The first-order chi connectivity index (χ1) is 13.7. The number of fused-ring (bicyclic) bond motifs is 5. The van der Waals surface area contributed by atoms with Crippen LogP contribution in [0.5, 0.6) is 0 Å². The summed E-state index contributed by atoms with van der Waals surface area (Å²) in [6.07, 6.45) is 9.80. The molecule has 0 heterocycles. The molecule has 0 aromatic heterocycles. The van der Waals surface area contributed by atoms with E-state index in [-0.39, 0.29) is 23.6 Å². The molecular formula is C25H42O4. The second-order valence-electron chi connectivity index (χ2n) is 11.5. The monoisotopic (exact) mass is 408 g/mol. The van der Waals surface area contributed by atoms with Crippen molar-refractivity contribution in [3.63, 3.8) is 0 Å². The summed E-state index contributed by atoms with van der Waals surface area (Å²) in [6.45, 7) is 7.29. The van der Waals surface area contributed by atoms with Gasteiger partial charge in [-0.2, -0.15) is 0 Å². The van der Waals surface area contributed by atoms with E-state index in [9.17, 15) is 15.0 Å². The zero-order chi connectivity index (χ0) is 21.0. The summed E-state index contributed by atoms with van der Waals surface area (Å²) in [6, 6.07) is 0. The van der Waals surface area contributed by atoms with Gasteiger partial charge in [0.1, 0.15) is 0 Å². The van der Waals surface area contributed by atoms with E-state index in [1.807, 2.05) is 0 Å². The standard InChI is InChI=1S/C25H42O4/c1-15(5-8-22(28)29-4)18-6-7-19-23-20(10-12-25(18,19)3)24(2)11-9-17(26)13-16(24)14-21(23)27/h15-21,23,26-27H,5-14H2,1-4H3/t15-,16+,17-,18-,19+,20+,21-,23+,24+,25-/m1/s1/i13+1,17+1. The largest absolute Gasteiger partial charge is 0.469 e. The summed E-state index contributed by atoms with van der Waals surface area (Å²) in [5, 5.41) is 21.5. The molecule has 0 bridgehead atoms. The molecule has 0 unspecified atom stereocenters. The highest BCUT2D eigenvalue weighted by atomic mass is 16.5. The van der Waals surface area contributed by atoms with E-state index >= 15 is 0 Å². The van der Waals surface area contributed by atoms with Crippen LogP contribution in [0.25, 0.3) is 0 Å². The van der Waals surface area contributed by atoms with Crippen LogP contribution in [0.15, 0.2) is 0 Å². The Bertz CT molecular complexity index is 620. The van der Waals surface area contributed by atoms with E-state index < -0.39 is 0 Å². The van der Waals surface area contributed by atoms with Crippen molar-refractivity contribution in [2.75, 3.05) is 7.11 Å². The van der Waals surface area contributed by atoms with Gasteiger partial charge < -0.3 is 14.9 Å². The van der Waals surface area contributed by atoms with Crippen molar-refractivity contribution in [1.82, 2.24) is 0 Å². The molecule has 29 heavy (non-hydrogen) atoms. The van der Waals surface area contributed by atoms with Gasteiger partial charge in [0.25, 0.3) is 0 Å². The van der Waals surface area contributed by atoms with E-state index in [2.05, 4.69) is 20.8 Å². The number of ether oxygens (including phenoxy) is 1. The van der Waals surface area contributed by atoms with Gasteiger partial charge in [0.2, 0.25) is 0 Å². The predicted molar refractivity (Wildman–Crippen MR) is 113 cm³/mol. The van der Waals surface area contributed by atoms with Crippen LogP contribution in [0.4, 0.5) is 0 Å². The lowest BCUT2D eigenvalue weighted by atomic mass is 9.45. The second-order valence-corrected chi connectivity index (χ2v) is 11.5. The first kappa shape index (κ1) is 21.6. The van der Waals surface area contributed by atoms with Crippen molar-refractivity contribution in [2.24, 2.45) is 46.3 Å². The highest BCUT2D eigenvalue weighted by molar-refractivity contribution is 5.69. The number of aliphatic hydroxyl groups excluding tert-OH is 2. The smallest absolute Gasteiger partial charge is 0.305 e. The van der Waals surface area contributed by atoms with Gasteiger partial charge in [-0.3, -0.25) is 4.79 Å². The summed E-state index contributed by atoms with van der Waals surface area (Å²) >= 11 is 0. The molecule has 10 atom stereocenters. The molecule has 0 spiro atoms. The topological polar surface area (TPSA) is 66.8 Å². The van der Waals surface area contributed by atoms with E-state index in [0.717, 1.165) is 32.1 Å². The molecule has 4 nitrogen and oxygen atoms in total. The molecule has 4 heteroatoms. The van der Waals surface area contributed by atoms with Gasteiger partial charge in [-0.05, 0) is 104 Å². The first-order valence-electron chi connectivity index (χ1n) is 12.1. The van der Waals surface area contributed by atoms with E-state index in [1.54, 1.807) is 0 Å². The van der Waals surface area contributed by atoms with Crippen molar-refractivity contribution in [2.45, 2.75) is 97.2 Å². The van der Waals surface area contributed by atoms with Crippen LogP contribution in [0.2, 0.25) is 0 Å². The Morgan fingerprint density at radius 2 is 1.72 bits per heavy atom. The molecule has 4 aliphatic carbocycles. The number of esters is 1. The summed E-state index contributed by atoms with van der Waals surface area (Å²) in [7, 11) is 1.48. The van der Waals surface area contributed by atoms with Crippen LogP contribution < -0.4 is 0 Å². The lowest BCUT2D eigenvalue weighted by Crippen LogP contribution is -2.58. The molecule has 4 aliphatic rings. The third-order valence-corrected chi connectivity index (χ3v) is 10.4. The molecular weight excluding hydrogens is 366 g/mol. The molecule has 166 valence electrons. The maximum Gasteiger partial charge on any atom is 0.305 e. The molecule has 0 saturated heterocycles. The van der Waals surface area contributed by atoms with Crippen LogP contribution in [-0.2, 0) is 9.53 Å². The summed E-state index contributed by atoms with van der Waals surface area (Å²) in [5.74, 6) is 3.17. The van der Waals surface area contributed by atoms with Crippen molar-refractivity contribution >= 4 is 5.97 Å². The number of rotatable bonds is 4. The molecule has 4 fully saturated rings. The molecule has 0 aliphatic heterocycles. The quantitative estimate of drug-likeness (QED) is 0.528. The number of aliphatic hydroxyl groups is 2. The average Bonchev–Trinajstić information content (AvgIpc) is 3.04. The van der Waals surface area contributed by atoms with Crippen molar-refractivity contribution in [3.8, 4) is 0 Å². The summed E-state index contributed by atoms with van der Waals surface area (Å²) in [5.41, 5.74) is 0.577. The van der Waals surface area contributed by atoms with Crippen LogP contribution in [0, 0.1) is 46.3 Å². The fourth-order valence-corrected chi connectivity index (χ4v) is 8.82. The minimum absolute atomic E-state index is 0.0959. The van der Waals surface area contributed by atoms with Crippen LogP contribution in [-0.4, -0.2) is 35.5 Å². The maximum atomic E-state index is 11.6. The third kappa shape index (κ3) is 3.46. The normalized spacial score (nSPS) is 50.2. The Morgan fingerprint density at radius 1 is 1.03 bits per heavy atom. The number of hydrogen-bond acceptors (Lipinski definition) is 4.